The van der Waals surface area contributed by atoms with Gasteiger partial charge in [0.15, 0.2) is 9.84 Å². The zero-order chi connectivity index (χ0) is 34.7. The van der Waals surface area contributed by atoms with Crippen molar-refractivity contribution >= 4 is 25.8 Å². The summed E-state index contributed by atoms with van der Waals surface area (Å²) >= 11 is 0. The molecule has 0 radical (unpaired) electrons. The van der Waals surface area contributed by atoms with Gasteiger partial charge in [0.2, 0.25) is 15.9 Å². The summed E-state index contributed by atoms with van der Waals surface area (Å²) in [6.45, 7) is 4.00. The first-order valence-corrected chi connectivity index (χ1v) is 17.5. The van der Waals surface area contributed by atoms with Gasteiger partial charge < -0.3 is 15.8 Å². The third-order valence-corrected chi connectivity index (χ3v) is 11.1. The van der Waals surface area contributed by atoms with Gasteiger partial charge in [-0.05, 0) is 73.9 Å². The number of nitrogens with zero attached hydrogens (tertiary/aromatic N) is 2. The Kier molecular flexibility index (Phi) is 11.0. The smallest absolute Gasteiger partial charge is 0.381 e. The Bertz CT molecular complexity index is 1740. The third kappa shape index (κ3) is 8.43. The number of hydrogen-bond donors (Lipinski definition) is 3. The molecule has 0 spiro atoms. The molecule has 0 aliphatic heterocycles. The van der Waals surface area contributed by atoms with Crippen molar-refractivity contribution in [3.63, 3.8) is 0 Å². The van der Waals surface area contributed by atoms with E-state index in [-0.39, 0.29) is 28.9 Å². The van der Waals surface area contributed by atoms with Crippen molar-refractivity contribution < 1.29 is 39.5 Å². The summed E-state index contributed by atoms with van der Waals surface area (Å²) in [6.07, 6.45) is -3.61. The lowest BCUT2D eigenvalue weighted by atomic mass is 10.0. The molecule has 2 aromatic carbocycles. The van der Waals surface area contributed by atoms with Gasteiger partial charge in [0.05, 0.1) is 44.8 Å². The second-order valence-corrected chi connectivity index (χ2v) is 15.0. The van der Waals surface area contributed by atoms with Crippen LogP contribution in [0.5, 0.6) is 0 Å². The number of sulfone groups is 1. The number of nitriles is 2. The summed E-state index contributed by atoms with van der Waals surface area (Å²) in [7, 11) is -7.28. The van der Waals surface area contributed by atoms with Crippen LogP contribution in [-0.4, -0.2) is 52.3 Å². The monoisotopic (exact) mass is 683 g/mol. The molecule has 5 N–H and O–H groups in total. The largest absolute Gasteiger partial charge is 0.417 e. The summed E-state index contributed by atoms with van der Waals surface area (Å²) in [6, 6.07) is 11.6. The first-order chi connectivity index (χ1) is 21.4. The van der Waals surface area contributed by atoms with Crippen LogP contribution in [0.25, 0.3) is 11.1 Å². The molecule has 46 heavy (non-hydrogen) atoms. The zero-order valence-electron chi connectivity index (χ0n) is 25.5. The minimum atomic E-state index is -5.03. The molecule has 3 aliphatic carbocycles. The Morgan fingerprint density at radius 3 is 1.93 bits per heavy atom. The highest BCUT2D eigenvalue weighted by atomic mass is 32.2. The molecule has 2 aromatic rings. The van der Waals surface area contributed by atoms with Crippen molar-refractivity contribution in [1.82, 2.24) is 5.32 Å². The Morgan fingerprint density at radius 1 is 0.957 bits per heavy atom. The fourth-order valence-corrected chi connectivity index (χ4v) is 7.42. The Hall–Kier alpha value is -3.54. The van der Waals surface area contributed by atoms with E-state index in [1.54, 1.807) is 0 Å². The number of methoxy groups -OCH3 is 1. The summed E-state index contributed by atoms with van der Waals surface area (Å²) in [5, 5.41) is 23.7. The number of nitrogens with two attached hydrogens (primary N) is 2. The van der Waals surface area contributed by atoms with Crippen LogP contribution in [0.3, 0.4) is 0 Å². The third-order valence-electron chi connectivity index (χ3n) is 7.98. The van der Waals surface area contributed by atoms with Crippen LogP contribution in [0.4, 0.5) is 13.2 Å². The van der Waals surface area contributed by atoms with E-state index in [1.165, 1.54) is 25.3 Å². The molecule has 3 atom stereocenters. The van der Waals surface area contributed by atoms with Crippen molar-refractivity contribution in [1.29, 1.82) is 10.5 Å². The Morgan fingerprint density at radius 2 is 1.52 bits per heavy atom. The predicted molar refractivity (Wildman–Crippen MR) is 162 cm³/mol. The van der Waals surface area contributed by atoms with E-state index >= 15 is 0 Å². The number of primary sulfonamides is 1. The summed E-state index contributed by atoms with van der Waals surface area (Å²) in [5.41, 5.74) is 2.75. The van der Waals surface area contributed by atoms with Gasteiger partial charge in [-0.1, -0.05) is 32.0 Å². The molecule has 3 aliphatic rings. The normalized spacial score (nSPS) is 22.4. The molecule has 3 saturated carbocycles. The van der Waals surface area contributed by atoms with Crippen LogP contribution >= 0.6 is 0 Å². The van der Waals surface area contributed by atoms with Crippen LogP contribution < -0.4 is 16.2 Å². The maximum absolute atomic E-state index is 14.1. The second kappa shape index (κ2) is 13.7. The summed E-state index contributed by atoms with van der Waals surface area (Å²) in [4.78, 5) is 11.6. The average molecular weight is 684 g/mol. The molecule has 16 heteroatoms. The number of nitrogens with one attached hydrogen (secondary N) is 1. The number of carbonyl (C=O) groups is 1. The van der Waals surface area contributed by atoms with Gasteiger partial charge in [0, 0.05) is 7.11 Å². The number of sulfonamides is 1. The molecular formula is C30H36F3N5O6S2. The number of carbonyl (C=O) groups excluding carboxylic acids is 1. The van der Waals surface area contributed by atoms with Crippen LogP contribution in [-0.2, 0) is 35.6 Å². The minimum Gasteiger partial charge on any atom is -0.381 e. The van der Waals surface area contributed by atoms with Gasteiger partial charge in [-0.25, -0.2) is 22.0 Å². The van der Waals surface area contributed by atoms with Gasteiger partial charge in [-0.2, -0.15) is 23.7 Å². The first-order valence-electron chi connectivity index (χ1n) is 14.4. The second-order valence-electron chi connectivity index (χ2n) is 11.2. The first kappa shape index (κ1) is 36.9. The number of halogens is 3. The van der Waals surface area contributed by atoms with E-state index in [4.69, 9.17) is 20.9 Å². The number of hydrogen-bond acceptors (Lipinski definition) is 9. The number of amides is 1. The van der Waals surface area contributed by atoms with Crippen LogP contribution in [0.2, 0.25) is 0 Å². The van der Waals surface area contributed by atoms with E-state index in [9.17, 15) is 40.1 Å². The standard InChI is InChI=1S/C24H24F3N3O6S2.C4H6N2.C2H6/c1-36-20-12-17(11-18(20)22(31)30-23(13-28)8-9-23)37(32,33)21-7-4-15(10-19(21)24(25,26)27)14-2-5-16(6-3-14)38(29,34)35;5-3-4(6)1-2-4;1-2/h2-7,10,17-18,20H,8-9,11-12H2,1H3,(H,30,31)(H2,29,34,35);1-2,6H2;1-2H3/t17-,18-,20-;;/m0../s1. The highest BCUT2D eigenvalue weighted by molar-refractivity contribution is 7.92. The zero-order valence-corrected chi connectivity index (χ0v) is 27.1. The molecular weight excluding hydrogens is 647 g/mol. The highest BCUT2D eigenvalue weighted by Gasteiger charge is 2.51. The molecule has 0 bridgehead atoms. The highest BCUT2D eigenvalue weighted by Crippen LogP contribution is 2.43. The molecule has 0 unspecified atom stereocenters. The summed E-state index contributed by atoms with van der Waals surface area (Å²) < 4.78 is 97.4. The molecule has 0 heterocycles. The lowest BCUT2D eigenvalue weighted by Crippen LogP contribution is -2.42. The molecule has 5 rings (SSSR count). The maximum Gasteiger partial charge on any atom is 0.417 e. The van der Waals surface area contributed by atoms with Gasteiger partial charge in [0.25, 0.3) is 0 Å². The quantitative estimate of drug-likeness (QED) is 0.388. The molecule has 1 amide bonds. The van der Waals surface area contributed by atoms with Gasteiger partial charge in [0.1, 0.15) is 11.1 Å². The SMILES string of the molecule is CC.CO[C@H]1C[C@@H](S(=O)(=O)c2ccc(-c3ccc(S(N)(=O)=O)cc3)cc2C(F)(F)F)C[C@@H]1C(=O)NC1(C#N)CC1.N#CC1(N)CC1. The molecule has 3 fully saturated rings. The minimum absolute atomic E-state index is 0.0157. The van der Waals surface area contributed by atoms with Crippen LogP contribution in [0.1, 0.15) is 57.9 Å². The van der Waals surface area contributed by atoms with Crippen LogP contribution in [0.15, 0.2) is 52.3 Å². The van der Waals surface area contributed by atoms with Crippen molar-refractivity contribution in [3.8, 4) is 23.3 Å². The predicted octanol–water partition coefficient (Wildman–Crippen LogP) is 3.79. The number of benzene rings is 2. The number of rotatable bonds is 7. The van der Waals surface area contributed by atoms with Crippen molar-refractivity contribution in [2.24, 2.45) is 16.8 Å². The van der Waals surface area contributed by atoms with Gasteiger partial charge in [-0.15, -0.1) is 0 Å². The lowest BCUT2D eigenvalue weighted by molar-refractivity contribution is -0.139. The van der Waals surface area contributed by atoms with E-state index in [1.807, 2.05) is 26.0 Å². The van der Waals surface area contributed by atoms with Gasteiger partial charge >= 0.3 is 6.18 Å². The molecule has 0 aromatic heterocycles. The average Bonchev–Trinajstić information content (AvgIpc) is 3.92. The van der Waals surface area contributed by atoms with Crippen molar-refractivity contribution in [3.05, 3.63) is 48.0 Å². The Balaban J connectivity index is 0.000000636. The van der Waals surface area contributed by atoms with Crippen molar-refractivity contribution in [2.75, 3.05) is 7.11 Å². The van der Waals surface area contributed by atoms with E-state index in [0.29, 0.717) is 18.9 Å². The van der Waals surface area contributed by atoms with E-state index < -0.39 is 70.8 Å². The number of ether oxygens (including phenoxy) is 1. The van der Waals surface area contributed by atoms with Crippen molar-refractivity contribution in [2.45, 2.75) is 90.8 Å². The van der Waals surface area contributed by atoms with E-state index in [0.717, 1.165) is 31.0 Å². The lowest BCUT2D eigenvalue weighted by Gasteiger charge is -2.19. The fourth-order valence-electron chi connectivity index (χ4n) is 4.90. The fraction of sp³-hybridized carbons (Fsp3) is 0.500. The molecule has 250 valence electrons. The maximum atomic E-state index is 14.1. The topological polar surface area (TPSA) is 206 Å². The molecule has 0 saturated heterocycles. The van der Waals surface area contributed by atoms with Gasteiger partial charge in [-0.3, -0.25) is 4.79 Å². The summed E-state index contributed by atoms with van der Waals surface area (Å²) in [5.74, 6) is -1.51. The Labute approximate surface area is 266 Å². The number of alkyl halides is 3. The van der Waals surface area contributed by atoms with Crippen LogP contribution in [0, 0.1) is 28.6 Å². The molecule has 11 nitrogen and oxygen atoms in total. The van der Waals surface area contributed by atoms with E-state index in [2.05, 4.69) is 5.32 Å².